The quantitative estimate of drug-likeness (QED) is 0.172. The molecule has 200 valence electrons. The molecule has 2 aliphatic rings. The molecule has 1 N–H and O–H groups in total. The van der Waals surface area contributed by atoms with Gasteiger partial charge in [0.05, 0.1) is 10.1 Å². The minimum atomic E-state index is -4.29. The van der Waals surface area contributed by atoms with Gasteiger partial charge in [-0.05, 0) is 60.7 Å². The molecule has 0 spiro atoms. The summed E-state index contributed by atoms with van der Waals surface area (Å²) in [4.78, 5) is 13.6. The number of fused-ring (bicyclic) bond motifs is 2. The number of ether oxygens (including phenoxy) is 1. The van der Waals surface area contributed by atoms with Gasteiger partial charge in [-0.3, -0.25) is 0 Å². The molecule has 1 aromatic heterocycles. The number of rotatable bonds is 10. The third-order valence-corrected chi connectivity index (χ3v) is 8.96. The molecule has 0 aliphatic carbocycles. The van der Waals surface area contributed by atoms with Crippen LogP contribution in [0.5, 0.6) is 0 Å². The Morgan fingerprint density at radius 2 is 2.14 bits per heavy atom. The second kappa shape index (κ2) is 11.5. The molecule has 2 unspecified atom stereocenters. The highest BCUT2D eigenvalue weighted by Gasteiger charge is 2.46. The molecule has 3 heterocycles. The maximum Gasteiger partial charge on any atom is 0.370 e. The van der Waals surface area contributed by atoms with Gasteiger partial charge in [-0.1, -0.05) is 34.2 Å². The zero-order valence-corrected chi connectivity index (χ0v) is 24.4. The smallest absolute Gasteiger partial charge is 0.370 e. The molecule has 1 aromatic carbocycles. The Kier molecular flexibility index (Phi) is 8.76. The number of carboxylic acids is 1. The van der Waals surface area contributed by atoms with Crippen molar-refractivity contribution >= 4 is 83.0 Å². The maximum atomic E-state index is 11.6. The van der Waals surface area contributed by atoms with Crippen molar-refractivity contribution in [3.63, 3.8) is 0 Å². The predicted molar refractivity (Wildman–Crippen MR) is 144 cm³/mol. The van der Waals surface area contributed by atoms with Crippen molar-refractivity contribution in [2.45, 2.75) is 45.0 Å². The Morgan fingerprint density at radius 1 is 1.38 bits per heavy atom. The Morgan fingerprint density at radius 3 is 2.81 bits per heavy atom. The van der Waals surface area contributed by atoms with Gasteiger partial charge in [-0.25, -0.2) is 17.6 Å². The number of benzene rings is 1. The van der Waals surface area contributed by atoms with Crippen LogP contribution in [-0.2, 0) is 26.2 Å². The molecule has 2 aliphatic heterocycles. The summed E-state index contributed by atoms with van der Waals surface area (Å²) in [5.74, 6) is -0.737. The Hall–Kier alpha value is -1.83. The van der Waals surface area contributed by atoms with E-state index in [4.69, 9.17) is 28.1 Å². The molecule has 37 heavy (non-hydrogen) atoms. The van der Waals surface area contributed by atoms with E-state index in [9.17, 15) is 22.9 Å². The van der Waals surface area contributed by atoms with Crippen LogP contribution in [0.1, 0.15) is 31.2 Å². The number of aromatic nitrogens is 1. The Balaban J connectivity index is 1.69. The van der Waals surface area contributed by atoms with Gasteiger partial charge in [0.1, 0.15) is 16.6 Å². The van der Waals surface area contributed by atoms with Crippen molar-refractivity contribution in [2.24, 2.45) is 0 Å². The van der Waals surface area contributed by atoms with Gasteiger partial charge < -0.3 is 19.3 Å². The normalized spacial score (nSPS) is 21.1. The standard InChI is InChI=1S/C23H24BrCl2N3O6S2/c1-2-14(10-21-28(13-22(30)31)16-11-15(24)5-6-18(16)36-21)9-20-27(7-3-4-8-37(32,33)34)17-12-19(25)35-23(17)29(20)26/h5-6,9-12,17,23H,2-4,7-8,13H2,1H3,(H-,30,31,32,33,34). The van der Waals surface area contributed by atoms with Crippen LogP contribution < -0.4 is 4.57 Å². The number of aliphatic carboxylic acids is 1. The number of thiazole rings is 1. The van der Waals surface area contributed by atoms with Crippen LogP contribution in [0.15, 0.2) is 51.4 Å². The summed E-state index contributed by atoms with van der Waals surface area (Å²) in [6.07, 6.45) is 6.34. The summed E-state index contributed by atoms with van der Waals surface area (Å²) in [6, 6.07) is 5.47. The van der Waals surface area contributed by atoms with E-state index in [0.717, 1.165) is 25.3 Å². The van der Waals surface area contributed by atoms with Crippen LogP contribution in [0.2, 0.25) is 0 Å². The largest absolute Gasteiger partial charge is 0.748 e. The monoisotopic (exact) mass is 651 g/mol. The van der Waals surface area contributed by atoms with Crippen molar-refractivity contribution < 1.29 is 32.2 Å². The summed E-state index contributed by atoms with van der Waals surface area (Å²) < 4.78 is 43.7. The van der Waals surface area contributed by atoms with Gasteiger partial charge in [0.2, 0.25) is 18.3 Å². The average molecular weight is 653 g/mol. The number of allylic oxidation sites excluding steroid dienone is 2. The van der Waals surface area contributed by atoms with E-state index in [-0.39, 0.29) is 24.2 Å². The van der Waals surface area contributed by atoms with Crippen molar-refractivity contribution in [1.29, 1.82) is 0 Å². The molecule has 4 rings (SSSR count). The molecule has 0 saturated carbocycles. The van der Waals surface area contributed by atoms with Gasteiger partial charge in [0.25, 0.3) is 5.01 Å². The van der Waals surface area contributed by atoms with Crippen molar-refractivity contribution in [1.82, 2.24) is 9.32 Å². The molecule has 0 amide bonds. The zero-order valence-electron chi connectivity index (χ0n) is 19.6. The lowest BCUT2D eigenvalue weighted by Crippen LogP contribution is -2.39. The summed E-state index contributed by atoms with van der Waals surface area (Å²) >= 11 is 17.7. The van der Waals surface area contributed by atoms with E-state index >= 15 is 0 Å². The number of hydrogen-bond donors (Lipinski definition) is 1. The van der Waals surface area contributed by atoms with Crippen LogP contribution in [0.3, 0.4) is 0 Å². The molecule has 1 fully saturated rings. The summed E-state index contributed by atoms with van der Waals surface area (Å²) in [5.41, 5.74) is 1.71. The lowest BCUT2D eigenvalue weighted by atomic mass is 10.1. The number of nitrogens with zero attached hydrogens (tertiary/aromatic N) is 3. The lowest BCUT2D eigenvalue weighted by Gasteiger charge is -2.24. The van der Waals surface area contributed by atoms with Crippen molar-refractivity contribution in [2.75, 3.05) is 12.3 Å². The molecule has 9 nitrogen and oxygen atoms in total. The molecule has 2 aromatic rings. The van der Waals surface area contributed by atoms with Crippen LogP contribution in [0.25, 0.3) is 16.3 Å². The first-order valence-corrected chi connectivity index (χ1v) is 15.3. The number of carbonyl (C=O) groups is 1. The fraction of sp³-hybridized carbons (Fsp3) is 0.391. The highest BCUT2D eigenvalue weighted by molar-refractivity contribution is 9.10. The van der Waals surface area contributed by atoms with Crippen LogP contribution in [0, 0.1) is 0 Å². The fourth-order valence-corrected chi connectivity index (χ4v) is 6.84. The average Bonchev–Trinajstić information content (AvgIpc) is 3.42. The SMILES string of the molecule is CCC(=Cc1sc2ccc(Br)cc2[n+]1CC(=O)O)C=C1N(Cl)C2OC(Cl)=CC2N1CCCCS(=O)(=O)[O-]. The van der Waals surface area contributed by atoms with E-state index in [0.29, 0.717) is 25.2 Å². The summed E-state index contributed by atoms with van der Waals surface area (Å²) in [6.45, 7) is 2.23. The first kappa shape index (κ1) is 28.2. The minimum Gasteiger partial charge on any atom is -0.748 e. The lowest BCUT2D eigenvalue weighted by molar-refractivity contribution is -0.657. The number of hydrogen-bond acceptors (Lipinski definition) is 8. The highest BCUT2D eigenvalue weighted by atomic mass is 79.9. The summed E-state index contributed by atoms with van der Waals surface area (Å²) in [7, 11) is -4.29. The molecular weight excluding hydrogens is 629 g/mol. The number of halogens is 3. The molecule has 2 atom stereocenters. The predicted octanol–water partition coefficient (Wildman–Crippen LogP) is 4.57. The van der Waals surface area contributed by atoms with E-state index in [1.54, 1.807) is 10.6 Å². The van der Waals surface area contributed by atoms with E-state index in [1.165, 1.54) is 15.8 Å². The number of carboxylic acid groups (broad SMARTS) is 1. The molecule has 14 heteroatoms. The zero-order chi connectivity index (χ0) is 26.9. The van der Waals surface area contributed by atoms with Gasteiger partial charge in [-0.15, -0.1) is 0 Å². The van der Waals surface area contributed by atoms with Gasteiger partial charge in [0.15, 0.2) is 5.22 Å². The third-order valence-electron chi connectivity index (χ3n) is 5.98. The second-order valence-electron chi connectivity index (χ2n) is 8.55. The van der Waals surface area contributed by atoms with E-state index in [1.807, 2.05) is 42.2 Å². The van der Waals surface area contributed by atoms with Crippen LogP contribution >= 0.6 is 50.6 Å². The first-order chi connectivity index (χ1) is 17.5. The van der Waals surface area contributed by atoms with Gasteiger partial charge >= 0.3 is 5.97 Å². The Labute approximate surface area is 237 Å². The van der Waals surface area contributed by atoms with Crippen LogP contribution in [-0.4, -0.2) is 57.9 Å². The summed E-state index contributed by atoms with van der Waals surface area (Å²) in [5, 5.41) is 10.5. The van der Waals surface area contributed by atoms with Gasteiger partial charge in [-0.2, -0.15) is 4.57 Å². The molecule has 0 radical (unpaired) electrons. The molecular formula is C23H24BrCl2N3O6S2. The van der Waals surface area contributed by atoms with E-state index in [2.05, 4.69) is 15.9 Å². The minimum absolute atomic E-state index is 0.187. The van der Waals surface area contributed by atoms with Gasteiger partial charge in [0, 0.05) is 40.7 Å². The topological polar surface area (TPSA) is 114 Å². The highest BCUT2D eigenvalue weighted by Crippen LogP contribution is 2.40. The van der Waals surface area contributed by atoms with Crippen molar-refractivity contribution in [3.05, 3.63) is 56.4 Å². The molecule has 0 bridgehead atoms. The van der Waals surface area contributed by atoms with Crippen molar-refractivity contribution in [3.8, 4) is 0 Å². The van der Waals surface area contributed by atoms with E-state index < -0.39 is 28.1 Å². The Bertz CT molecular complexity index is 1410. The first-order valence-electron chi connectivity index (χ1n) is 11.4. The second-order valence-corrected chi connectivity index (χ2v) is 12.8. The molecule has 1 saturated heterocycles. The fourth-order valence-electron chi connectivity index (χ4n) is 4.29. The maximum absolute atomic E-state index is 11.6. The number of unbranched alkanes of at least 4 members (excludes halogenated alkanes) is 1. The third kappa shape index (κ3) is 6.61. The van der Waals surface area contributed by atoms with Crippen LogP contribution in [0.4, 0.5) is 0 Å².